The molecule has 0 fully saturated rings. The number of hydrogen-bond acceptors (Lipinski definition) is 3. The van der Waals surface area contributed by atoms with Crippen molar-refractivity contribution in [3.05, 3.63) is 51.2 Å². The number of anilines is 2. The predicted molar refractivity (Wildman–Crippen MR) is 74.1 cm³/mol. The van der Waals surface area contributed by atoms with Crippen LogP contribution in [-0.2, 0) is 0 Å². The van der Waals surface area contributed by atoms with E-state index >= 15 is 0 Å². The van der Waals surface area contributed by atoms with Crippen LogP contribution in [0, 0.1) is 11.3 Å². The maximum Gasteiger partial charge on any atom is 0.140 e. The van der Waals surface area contributed by atoms with Gasteiger partial charge >= 0.3 is 0 Å². The molecule has 17 heavy (non-hydrogen) atoms. The first-order valence-electron chi connectivity index (χ1n) is 4.77. The van der Waals surface area contributed by atoms with Crippen LogP contribution in [0.25, 0.3) is 0 Å². The molecular formula is C12H7Br2N3. The fourth-order valence-corrected chi connectivity index (χ4v) is 1.99. The van der Waals surface area contributed by atoms with Gasteiger partial charge in [-0.1, -0.05) is 15.9 Å². The quantitative estimate of drug-likeness (QED) is 0.880. The van der Waals surface area contributed by atoms with Gasteiger partial charge in [-0.25, -0.2) is 4.98 Å². The zero-order chi connectivity index (χ0) is 12.3. The highest BCUT2D eigenvalue weighted by atomic mass is 79.9. The summed E-state index contributed by atoms with van der Waals surface area (Å²) in [5.41, 5.74) is 2.18. The van der Waals surface area contributed by atoms with Gasteiger partial charge in [-0.2, -0.15) is 5.26 Å². The van der Waals surface area contributed by atoms with Crippen molar-refractivity contribution in [1.82, 2.24) is 4.98 Å². The molecule has 1 N–H and O–H groups in total. The van der Waals surface area contributed by atoms with Crippen LogP contribution in [0.3, 0.4) is 0 Å². The van der Waals surface area contributed by atoms with Gasteiger partial charge in [0, 0.05) is 8.95 Å². The van der Waals surface area contributed by atoms with Crippen molar-refractivity contribution in [2.75, 3.05) is 5.32 Å². The number of rotatable bonds is 2. The third-order valence-electron chi connectivity index (χ3n) is 2.09. The number of hydrogen-bond donors (Lipinski definition) is 1. The zero-order valence-electron chi connectivity index (χ0n) is 8.61. The molecule has 1 aromatic heterocycles. The molecule has 2 rings (SSSR count). The van der Waals surface area contributed by atoms with Crippen molar-refractivity contribution < 1.29 is 0 Å². The standard InChI is InChI=1S/C12H7Br2N3/c13-8-1-4-11(14)12(5-8)17-10-3-2-9(6-15)16-7-10/h1-5,7,17H. The first-order valence-corrected chi connectivity index (χ1v) is 6.36. The van der Waals surface area contributed by atoms with E-state index in [1.54, 1.807) is 12.3 Å². The molecule has 1 aromatic carbocycles. The maximum atomic E-state index is 8.65. The lowest BCUT2D eigenvalue weighted by Gasteiger charge is -2.08. The van der Waals surface area contributed by atoms with E-state index in [2.05, 4.69) is 42.2 Å². The summed E-state index contributed by atoms with van der Waals surface area (Å²) in [7, 11) is 0. The molecule has 0 aliphatic carbocycles. The van der Waals surface area contributed by atoms with Gasteiger partial charge in [0.15, 0.2) is 0 Å². The summed E-state index contributed by atoms with van der Waals surface area (Å²) in [6, 6.07) is 11.3. The van der Waals surface area contributed by atoms with Crippen LogP contribution in [-0.4, -0.2) is 4.98 Å². The molecule has 0 amide bonds. The summed E-state index contributed by atoms with van der Waals surface area (Å²) < 4.78 is 1.95. The third kappa shape index (κ3) is 3.05. The number of halogens is 2. The maximum absolute atomic E-state index is 8.65. The van der Waals surface area contributed by atoms with E-state index in [1.165, 1.54) is 0 Å². The highest BCUT2D eigenvalue weighted by Gasteiger charge is 2.01. The largest absolute Gasteiger partial charge is 0.353 e. The van der Waals surface area contributed by atoms with E-state index < -0.39 is 0 Å². The minimum Gasteiger partial charge on any atom is -0.353 e. The lowest BCUT2D eigenvalue weighted by atomic mass is 10.3. The lowest BCUT2D eigenvalue weighted by molar-refractivity contribution is 1.26. The molecule has 2 aromatic rings. The summed E-state index contributed by atoms with van der Waals surface area (Å²) in [6.45, 7) is 0. The van der Waals surface area contributed by atoms with E-state index in [1.807, 2.05) is 30.3 Å². The fourth-order valence-electron chi connectivity index (χ4n) is 1.28. The van der Waals surface area contributed by atoms with Crippen molar-refractivity contribution in [3.63, 3.8) is 0 Å². The van der Waals surface area contributed by atoms with Crippen LogP contribution < -0.4 is 5.32 Å². The SMILES string of the molecule is N#Cc1ccc(Nc2cc(Br)ccc2Br)cn1. The Morgan fingerprint density at radius 1 is 1.18 bits per heavy atom. The summed E-state index contributed by atoms with van der Waals surface area (Å²) in [4.78, 5) is 3.99. The molecule has 0 aliphatic rings. The molecule has 1 heterocycles. The average Bonchev–Trinajstić information content (AvgIpc) is 2.35. The summed E-state index contributed by atoms with van der Waals surface area (Å²) in [5.74, 6) is 0. The van der Waals surface area contributed by atoms with Crippen LogP contribution in [0.1, 0.15) is 5.69 Å². The van der Waals surface area contributed by atoms with Gasteiger partial charge in [-0.15, -0.1) is 0 Å². The molecule has 0 bridgehead atoms. The van der Waals surface area contributed by atoms with Crippen molar-refractivity contribution in [3.8, 4) is 6.07 Å². The Labute approximate surface area is 116 Å². The molecule has 3 nitrogen and oxygen atoms in total. The first kappa shape index (κ1) is 12.1. The van der Waals surface area contributed by atoms with Gasteiger partial charge in [0.2, 0.25) is 0 Å². The third-order valence-corrected chi connectivity index (χ3v) is 3.27. The van der Waals surface area contributed by atoms with E-state index in [4.69, 9.17) is 5.26 Å². The van der Waals surface area contributed by atoms with Crippen molar-refractivity contribution in [2.24, 2.45) is 0 Å². The van der Waals surface area contributed by atoms with Gasteiger partial charge in [-0.3, -0.25) is 0 Å². The van der Waals surface area contributed by atoms with E-state index in [-0.39, 0.29) is 0 Å². The Kier molecular flexibility index (Phi) is 3.77. The Morgan fingerprint density at radius 2 is 2.00 bits per heavy atom. The molecule has 84 valence electrons. The second kappa shape index (κ2) is 5.30. The lowest BCUT2D eigenvalue weighted by Crippen LogP contribution is -1.93. The number of nitriles is 1. The van der Waals surface area contributed by atoms with E-state index in [0.29, 0.717) is 5.69 Å². The molecule has 0 spiro atoms. The number of nitrogens with one attached hydrogen (secondary N) is 1. The molecule has 0 saturated heterocycles. The second-order valence-electron chi connectivity index (χ2n) is 3.29. The summed E-state index contributed by atoms with van der Waals surface area (Å²) in [6.07, 6.45) is 1.63. The van der Waals surface area contributed by atoms with Crippen LogP contribution in [0.15, 0.2) is 45.5 Å². The highest BCUT2D eigenvalue weighted by Crippen LogP contribution is 2.28. The molecule has 0 radical (unpaired) electrons. The topological polar surface area (TPSA) is 48.7 Å². The van der Waals surface area contributed by atoms with Gasteiger partial charge in [0.1, 0.15) is 11.8 Å². The minimum absolute atomic E-state index is 0.406. The molecule has 0 atom stereocenters. The van der Waals surface area contributed by atoms with Crippen molar-refractivity contribution >= 4 is 43.2 Å². The Hall–Kier alpha value is -1.38. The monoisotopic (exact) mass is 351 g/mol. The molecule has 5 heteroatoms. The number of pyridine rings is 1. The summed E-state index contributed by atoms with van der Waals surface area (Å²) >= 11 is 6.87. The molecule has 0 saturated carbocycles. The Balaban J connectivity index is 2.25. The number of nitrogens with zero attached hydrogens (tertiary/aromatic N) is 2. The first-order chi connectivity index (χ1) is 8.19. The Morgan fingerprint density at radius 3 is 2.65 bits per heavy atom. The van der Waals surface area contributed by atoms with Gasteiger partial charge in [-0.05, 0) is 46.3 Å². The normalized spacial score (nSPS) is 9.71. The van der Waals surface area contributed by atoms with E-state index in [0.717, 1.165) is 20.3 Å². The smallest absolute Gasteiger partial charge is 0.140 e. The van der Waals surface area contributed by atoms with Crippen molar-refractivity contribution in [1.29, 1.82) is 5.26 Å². The predicted octanol–water partition coefficient (Wildman–Crippen LogP) is 4.22. The van der Waals surface area contributed by atoms with E-state index in [9.17, 15) is 0 Å². The van der Waals surface area contributed by atoms with Crippen LogP contribution in [0.2, 0.25) is 0 Å². The molecular weight excluding hydrogens is 346 g/mol. The van der Waals surface area contributed by atoms with Crippen LogP contribution in [0.4, 0.5) is 11.4 Å². The minimum atomic E-state index is 0.406. The average molecular weight is 353 g/mol. The highest BCUT2D eigenvalue weighted by molar-refractivity contribution is 9.11. The summed E-state index contributed by atoms with van der Waals surface area (Å²) in [5, 5.41) is 11.9. The van der Waals surface area contributed by atoms with Crippen LogP contribution >= 0.6 is 31.9 Å². The van der Waals surface area contributed by atoms with Gasteiger partial charge in [0.25, 0.3) is 0 Å². The number of benzene rings is 1. The van der Waals surface area contributed by atoms with Gasteiger partial charge < -0.3 is 5.32 Å². The zero-order valence-corrected chi connectivity index (χ0v) is 11.8. The Bertz CT molecular complexity index is 573. The van der Waals surface area contributed by atoms with Gasteiger partial charge in [0.05, 0.1) is 17.6 Å². The van der Waals surface area contributed by atoms with Crippen molar-refractivity contribution in [2.45, 2.75) is 0 Å². The fraction of sp³-hybridized carbons (Fsp3) is 0. The van der Waals surface area contributed by atoms with Crippen LogP contribution in [0.5, 0.6) is 0 Å². The number of aromatic nitrogens is 1. The second-order valence-corrected chi connectivity index (χ2v) is 5.06. The molecule has 0 unspecified atom stereocenters. The molecule has 0 aliphatic heterocycles.